The maximum atomic E-state index is 12.1. The minimum Gasteiger partial charge on any atom is -0.396 e. The maximum Gasteiger partial charge on any atom is 0.183 e. The van der Waals surface area contributed by atoms with Gasteiger partial charge in [-0.05, 0) is 0 Å². The van der Waals surface area contributed by atoms with Gasteiger partial charge in [0.2, 0.25) is 0 Å². The highest BCUT2D eigenvalue weighted by Gasteiger charge is 2.27. The molecule has 0 atom stereocenters. The Bertz CT molecular complexity index is 747. The van der Waals surface area contributed by atoms with Crippen LogP contribution in [0.2, 0.25) is 0 Å². The van der Waals surface area contributed by atoms with Crippen LogP contribution in [0.5, 0.6) is 0 Å². The Labute approximate surface area is 128 Å². The molecular formula is C11H18N2O5S3. The van der Waals surface area contributed by atoms with E-state index < -0.39 is 19.7 Å². The third kappa shape index (κ3) is 4.42. The molecule has 0 saturated heterocycles. The van der Waals surface area contributed by atoms with E-state index in [0.29, 0.717) is 0 Å². The highest BCUT2D eigenvalue weighted by atomic mass is 32.2. The molecule has 1 heterocycles. The Morgan fingerprint density at radius 1 is 1.29 bits per heavy atom. The van der Waals surface area contributed by atoms with Crippen LogP contribution in [0.15, 0.2) is 4.90 Å². The number of nitrogen functional groups attached to an aromatic ring is 1. The SMILES string of the molecule is CCS(=O)(=O)c1c(NCCS(C)(=O)=O)sc(C(C)=O)c1N. The van der Waals surface area contributed by atoms with E-state index >= 15 is 0 Å². The molecule has 1 rings (SSSR count). The number of nitrogens with one attached hydrogen (secondary N) is 1. The van der Waals surface area contributed by atoms with Crippen LogP contribution in [-0.4, -0.2) is 46.9 Å². The molecule has 0 aromatic carbocycles. The second-order valence-electron chi connectivity index (χ2n) is 4.52. The number of carbonyl (C=O) groups is 1. The molecule has 0 unspecified atom stereocenters. The van der Waals surface area contributed by atoms with E-state index in [9.17, 15) is 21.6 Å². The summed E-state index contributed by atoms with van der Waals surface area (Å²) in [6.07, 6.45) is 1.09. The summed E-state index contributed by atoms with van der Waals surface area (Å²) in [7, 11) is -6.79. The van der Waals surface area contributed by atoms with Crippen molar-refractivity contribution in [2.75, 3.05) is 35.4 Å². The predicted molar refractivity (Wildman–Crippen MR) is 84.7 cm³/mol. The molecule has 0 saturated carbocycles. The van der Waals surface area contributed by atoms with Crippen LogP contribution in [0.3, 0.4) is 0 Å². The van der Waals surface area contributed by atoms with Crippen molar-refractivity contribution in [3.63, 3.8) is 0 Å². The van der Waals surface area contributed by atoms with E-state index in [-0.39, 0.29) is 44.3 Å². The van der Waals surface area contributed by atoms with Crippen LogP contribution in [0.25, 0.3) is 0 Å². The van der Waals surface area contributed by atoms with Gasteiger partial charge in [0.25, 0.3) is 0 Å². The number of hydrogen-bond donors (Lipinski definition) is 2. The van der Waals surface area contributed by atoms with Gasteiger partial charge in [0.15, 0.2) is 15.6 Å². The van der Waals surface area contributed by atoms with Crippen LogP contribution < -0.4 is 11.1 Å². The van der Waals surface area contributed by atoms with Crippen LogP contribution in [0, 0.1) is 0 Å². The predicted octanol–water partition coefficient (Wildman–Crippen LogP) is 0.783. The first-order valence-electron chi connectivity index (χ1n) is 6.07. The Morgan fingerprint density at radius 3 is 2.29 bits per heavy atom. The van der Waals surface area contributed by atoms with Crippen molar-refractivity contribution in [3.05, 3.63) is 4.88 Å². The number of carbonyl (C=O) groups excluding carboxylic acids is 1. The number of sulfone groups is 2. The number of rotatable bonds is 7. The average molecular weight is 354 g/mol. The molecule has 21 heavy (non-hydrogen) atoms. The van der Waals surface area contributed by atoms with Crippen LogP contribution >= 0.6 is 11.3 Å². The van der Waals surface area contributed by atoms with Crippen molar-refractivity contribution in [1.82, 2.24) is 0 Å². The molecule has 0 amide bonds. The first-order chi connectivity index (χ1) is 9.49. The van der Waals surface area contributed by atoms with E-state index in [1.165, 1.54) is 13.8 Å². The lowest BCUT2D eigenvalue weighted by molar-refractivity contribution is 0.102. The molecule has 7 nitrogen and oxygen atoms in total. The van der Waals surface area contributed by atoms with Gasteiger partial charge in [-0.25, -0.2) is 16.8 Å². The highest BCUT2D eigenvalue weighted by molar-refractivity contribution is 7.92. The van der Waals surface area contributed by atoms with E-state index in [2.05, 4.69) is 5.32 Å². The Morgan fingerprint density at radius 2 is 1.86 bits per heavy atom. The normalized spacial score (nSPS) is 12.3. The lowest BCUT2D eigenvalue weighted by Gasteiger charge is -2.07. The molecular weight excluding hydrogens is 336 g/mol. The van der Waals surface area contributed by atoms with Gasteiger partial charge < -0.3 is 11.1 Å². The van der Waals surface area contributed by atoms with E-state index in [4.69, 9.17) is 5.73 Å². The summed E-state index contributed by atoms with van der Waals surface area (Å²) >= 11 is 0.927. The first-order valence-corrected chi connectivity index (χ1v) is 10.6. The van der Waals surface area contributed by atoms with Gasteiger partial charge in [-0.15, -0.1) is 11.3 Å². The fourth-order valence-electron chi connectivity index (χ4n) is 1.61. The van der Waals surface area contributed by atoms with Crippen LogP contribution in [-0.2, 0) is 19.7 Å². The van der Waals surface area contributed by atoms with Gasteiger partial charge in [-0.2, -0.15) is 0 Å². The Kier molecular flexibility index (Phi) is 5.40. The smallest absolute Gasteiger partial charge is 0.183 e. The summed E-state index contributed by atoms with van der Waals surface area (Å²) < 4.78 is 46.4. The van der Waals surface area contributed by atoms with Crippen molar-refractivity contribution in [1.29, 1.82) is 0 Å². The van der Waals surface area contributed by atoms with Gasteiger partial charge in [0.1, 0.15) is 19.7 Å². The minimum absolute atomic E-state index is 0.0440. The van der Waals surface area contributed by atoms with E-state index in [0.717, 1.165) is 17.6 Å². The number of Topliss-reactive ketones (excluding diaryl/α,β-unsaturated/α-hetero) is 1. The molecule has 0 spiro atoms. The lowest BCUT2D eigenvalue weighted by atomic mass is 10.3. The van der Waals surface area contributed by atoms with Gasteiger partial charge in [0, 0.05) is 19.7 Å². The van der Waals surface area contributed by atoms with Gasteiger partial charge in [0.05, 0.1) is 22.1 Å². The van der Waals surface area contributed by atoms with E-state index in [1.54, 1.807) is 0 Å². The van der Waals surface area contributed by atoms with Crippen molar-refractivity contribution in [3.8, 4) is 0 Å². The van der Waals surface area contributed by atoms with Crippen LogP contribution in [0.4, 0.5) is 10.7 Å². The van der Waals surface area contributed by atoms with Crippen molar-refractivity contribution < 1.29 is 21.6 Å². The monoisotopic (exact) mass is 354 g/mol. The Hall–Kier alpha value is -1.13. The first kappa shape index (κ1) is 17.9. The summed E-state index contributed by atoms with van der Waals surface area (Å²) in [6.45, 7) is 2.81. The third-order valence-corrected chi connectivity index (χ3v) is 6.81. The second kappa shape index (κ2) is 6.32. The molecule has 0 radical (unpaired) electrons. The molecule has 10 heteroatoms. The fraction of sp³-hybridized carbons (Fsp3) is 0.545. The molecule has 0 bridgehead atoms. The number of ketones is 1. The fourth-order valence-corrected chi connectivity index (χ4v) is 4.67. The van der Waals surface area contributed by atoms with Crippen molar-refractivity contribution >= 4 is 47.5 Å². The standard InChI is InChI=1S/C11H18N2O5S3/c1-4-21(17,18)10-8(12)9(7(2)14)19-11(10)13-5-6-20(3,15)16/h13H,4-6,12H2,1-3H3. The number of hydrogen-bond acceptors (Lipinski definition) is 8. The highest BCUT2D eigenvalue weighted by Crippen LogP contribution is 2.39. The summed E-state index contributed by atoms with van der Waals surface area (Å²) in [5.41, 5.74) is 5.70. The van der Waals surface area contributed by atoms with Gasteiger partial charge in [-0.3, -0.25) is 4.79 Å². The molecule has 120 valence electrons. The maximum absolute atomic E-state index is 12.1. The summed E-state index contributed by atoms with van der Waals surface area (Å²) in [5.74, 6) is -0.640. The molecule has 0 aliphatic rings. The molecule has 0 fully saturated rings. The Balaban J connectivity index is 3.24. The van der Waals surface area contributed by atoms with E-state index in [1.807, 2.05) is 0 Å². The number of anilines is 2. The van der Waals surface area contributed by atoms with Crippen LogP contribution in [0.1, 0.15) is 23.5 Å². The molecule has 3 N–H and O–H groups in total. The zero-order valence-corrected chi connectivity index (χ0v) is 14.4. The average Bonchev–Trinajstić information content (AvgIpc) is 2.65. The van der Waals surface area contributed by atoms with Gasteiger partial charge in [-0.1, -0.05) is 6.92 Å². The summed E-state index contributed by atoms with van der Waals surface area (Å²) in [6, 6.07) is 0. The lowest BCUT2D eigenvalue weighted by Crippen LogP contribution is -2.15. The van der Waals surface area contributed by atoms with Gasteiger partial charge >= 0.3 is 0 Å². The molecule has 1 aromatic heterocycles. The molecule has 0 aliphatic carbocycles. The number of nitrogens with two attached hydrogens (primary N) is 1. The quantitative estimate of drug-likeness (QED) is 0.694. The third-order valence-electron chi connectivity index (χ3n) is 2.67. The zero-order valence-electron chi connectivity index (χ0n) is 12.0. The summed E-state index contributed by atoms with van der Waals surface area (Å²) in [4.78, 5) is 11.5. The van der Waals surface area contributed by atoms with Crippen molar-refractivity contribution in [2.24, 2.45) is 0 Å². The molecule has 1 aromatic rings. The topological polar surface area (TPSA) is 123 Å². The minimum atomic E-state index is -3.62. The summed E-state index contributed by atoms with van der Waals surface area (Å²) in [5, 5.41) is 2.97. The zero-order chi connectivity index (χ0) is 16.4. The largest absolute Gasteiger partial charge is 0.396 e. The second-order valence-corrected chi connectivity index (χ2v) is 10.0. The van der Waals surface area contributed by atoms with Crippen molar-refractivity contribution in [2.45, 2.75) is 18.7 Å². The molecule has 0 aliphatic heterocycles. The number of thiophene rings is 1.